The molecule has 1 heterocycles. The number of fused-ring (bicyclic) bond motifs is 1. The SMILES string of the molecule is O=[S+]c1nc2ccccc2o1. The largest absolute Gasteiger partial charge is 0.572 e. The minimum atomic E-state index is 0.172. The zero-order chi connectivity index (χ0) is 7.68. The van der Waals surface area contributed by atoms with Gasteiger partial charge >= 0.3 is 16.9 Å². The Balaban J connectivity index is 2.78. The summed E-state index contributed by atoms with van der Waals surface area (Å²) in [5.41, 5.74) is 1.39. The van der Waals surface area contributed by atoms with E-state index in [4.69, 9.17) is 4.42 Å². The quantitative estimate of drug-likeness (QED) is 0.604. The highest BCUT2D eigenvalue weighted by molar-refractivity contribution is 7.65. The predicted octanol–water partition coefficient (Wildman–Crippen LogP) is 1.61. The average Bonchev–Trinajstić information content (AvgIpc) is 2.46. The fraction of sp³-hybridized carbons (Fsp3) is 0. The van der Waals surface area contributed by atoms with E-state index in [1.807, 2.05) is 12.1 Å². The Kier molecular flexibility index (Phi) is 1.40. The van der Waals surface area contributed by atoms with Crippen molar-refractivity contribution in [1.82, 2.24) is 4.98 Å². The van der Waals surface area contributed by atoms with Gasteiger partial charge in [-0.15, -0.1) is 4.98 Å². The van der Waals surface area contributed by atoms with E-state index in [1.54, 1.807) is 12.1 Å². The molecular weight excluding hydrogens is 162 g/mol. The maximum atomic E-state index is 10.3. The molecule has 0 aliphatic carbocycles. The maximum absolute atomic E-state index is 10.3. The van der Waals surface area contributed by atoms with Crippen LogP contribution in [0.3, 0.4) is 0 Å². The molecule has 11 heavy (non-hydrogen) atoms. The lowest BCUT2D eigenvalue weighted by atomic mass is 10.3. The summed E-state index contributed by atoms with van der Waals surface area (Å²) in [5.74, 6) is 0. The second-order valence-corrected chi connectivity index (χ2v) is 2.55. The Morgan fingerprint density at radius 3 is 2.91 bits per heavy atom. The van der Waals surface area contributed by atoms with Crippen molar-refractivity contribution < 1.29 is 8.63 Å². The predicted molar refractivity (Wildman–Crippen MR) is 40.3 cm³/mol. The third-order valence-corrected chi connectivity index (χ3v) is 1.66. The van der Waals surface area contributed by atoms with Crippen molar-refractivity contribution in [1.29, 1.82) is 0 Å². The number of aromatic nitrogens is 1. The fourth-order valence-electron chi connectivity index (χ4n) is 0.887. The number of hydrogen-bond acceptors (Lipinski definition) is 3. The lowest BCUT2D eigenvalue weighted by Crippen LogP contribution is -1.67. The number of rotatable bonds is 1. The van der Waals surface area contributed by atoms with E-state index in [1.165, 1.54) is 0 Å². The molecule has 1 aromatic heterocycles. The third-order valence-electron chi connectivity index (χ3n) is 1.35. The van der Waals surface area contributed by atoms with Gasteiger partial charge in [-0.25, -0.2) is 0 Å². The van der Waals surface area contributed by atoms with Crippen molar-refractivity contribution in [2.45, 2.75) is 5.22 Å². The summed E-state index contributed by atoms with van der Waals surface area (Å²) in [6.45, 7) is 0. The van der Waals surface area contributed by atoms with Crippen LogP contribution in [0.4, 0.5) is 0 Å². The van der Waals surface area contributed by atoms with E-state index in [-0.39, 0.29) is 16.9 Å². The van der Waals surface area contributed by atoms with Gasteiger partial charge in [0.05, 0.1) is 4.21 Å². The molecule has 0 atom stereocenters. The zero-order valence-corrected chi connectivity index (χ0v) is 6.30. The highest BCUT2D eigenvalue weighted by Gasteiger charge is 2.15. The van der Waals surface area contributed by atoms with Gasteiger partial charge in [0.1, 0.15) is 5.52 Å². The van der Waals surface area contributed by atoms with Gasteiger partial charge in [0.2, 0.25) is 0 Å². The van der Waals surface area contributed by atoms with E-state index in [0.29, 0.717) is 5.58 Å². The number of hydrogen-bond donors (Lipinski definition) is 0. The van der Waals surface area contributed by atoms with E-state index in [2.05, 4.69) is 4.98 Å². The highest BCUT2D eigenvalue weighted by atomic mass is 32.1. The van der Waals surface area contributed by atoms with Gasteiger partial charge in [0.25, 0.3) is 0 Å². The molecule has 0 aliphatic heterocycles. The van der Waals surface area contributed by atoms with Crippen molar-refractivity contribution >= 4 is 22.8 Å². The molecule has 2 aromatic rings. The van der Waals surface area contributed by atoms with E-state index in [9.17, 15) is 4.21 Å². The summed E-state index contributed by atoms with van der Waals surface area (Å²) in [6.07, 6.45) is 0. The van der Waals surface area contributed by atoms with Crippen LogP contribution in [-0.4, -0.2) is 4.98 Å². The Hall–Kier alpha value is -1.29. The van der Waals surface area contributed by atoms with Crippen LogP contribution < -0.4 is 0 Å². The molecule has 0 N–H and O–H groups in total. The second kappa shape index (κ2) is 2.39. The lowest BCUT2D eigenvalue weighted by molar-refractivity contribution is 0.476. The van der Waals surface area contributed by atoms with E-state index >= 15 is 0 Å². The van der Waals surface area contributed by atoms with E-state index < -0.39 is 0 Å². The Morgan fingerprint density at radius 1 is 1.36 bits per heavy atom. The minimum Gasteiger partial charge on any atom is -0.390 e. The van der Waals surface area contributed by atoms with Crippen LogP contribution in [0.15, 0.2) is 33.9 Å². The summed E-state index contributed by atoms with van der Waals surface area (Å²) in [5, 5.41) is 0.172. The maximum Gasteiger partial charge on any atom is 0.572 e. The second-order valence-electron chi connectivity index (χ2n) is 2.03. The molecular formula is C7H4NO2S+. The first kappa shape index (κ1) is 6.42. The van der Waals surface area contributed by atoms with E-state index in [0.717, 1.165) is 5.52 Å². The molecule has 54 valence electrons. The molecule has 0 saturated heterocycles. The zero-order valence-electron chi connectivity index (χ0n) is 5.48. The lowest BCUT2D eigenvalue weighted by Gasteiger charge is -1.78. The van der Waals surface area contributed by atoms with Crippen molar-refractivity contribution in [2.75, 3.05) is 0 Å². The molecule has 0 unspecified atom stereocenters. The fourth-order valence-corrected chi connectivity index (χ4v) is 1.15. The van der Waals surface area contributed by atoms with Crippen LogP contribution in [0.1, 0.15) is 0 Å². The first-order chi connectivity index (χ1) is 5.40. The first-order valence-electron chi connectivity index (χ1n) is 3.05. The van der Waals surface area contributed by atoms with Gasteiger partial charge in [-0.05, 0) is 12.1 Å². The Bertz CT molecular complexity index is 363. The van der Waals surface area contributed by atoms with Crippen molar-refractivity contribution in [3.8, 4) is 0 Å². The minimum absolute atomic E-state index is 0.172. The molecule has 2 rings (SSSR count). The van der Waals surface area contributed by atoms with Crippen molar-refractivity contribution in [2.24, 2.45) is 0 Å². The molecule has 1 aromatic carbocycles. The van der Waals surface area contributed by atoms with Crippen LogP contribution in [0.2, 0.25) is 0 Å². The van der Waals surface area contributed by atoms with Gasteiger partial charge < -0.3 is 4.42 Å². The van der Waals surface area contributed by atoms with Gasteiger partial charge in [-0.1, -0.05) is 12.1 Å². The van der Waals surface area contributed by atoms with Gasteiger partial charge in [-0.2, -0.15) is 0 Å². The van der Waals surface area contributed by atoms with Crippen molar-refractivity contribution in [3.63, 3.8) is 0 Å². The van der Waals surface area contributed by atoms with Crippen LogP contribution in [0.5, 0.6) is 0 Å². The normalized spacial score (nSPS) is 10.2. The Labute approximate surface area is 66.5 Å². The van der Waals surface area contributed by atoms with Gasteiger partial charge in [0.15, 0.2) is 5.58 Å². The average molecular weight is 166 g/mol. The summed E-state index contributed by atoms with van der Waals surface area (Å²) < 4.78 is 15.3. The summed E-state index contributed by atoms with van der Waals surface area (Å²) >= 11 is 0.267. The standard InChI is InChI=1S/C7H4NO2S/c9-11-7-8-5-3-1-2-4-6(5)10-7/h1-4H/q+1. The van der Waals surface area contributed by atoms with Gasteiger partial charge in [0, 0.05) is 0 Å². The molecule has 3 nitrogen and oxygen atoms in total. The Morgan fingerprint density at radius 2 is 2.18 bits per heavy atom. The number of benzene rings is 1. The van der Waals surface area contributed by atoms with Crippen molar-refractivity contribution in [3.05, 3.63) is 24.3 Å². The first-order valence-corrected chi connectivity index (χ1v) is 3.80. The van der Waals surface area contributed by atoms with Crippen LogP contribution in [0.25, 0.3) is 11.1 Å². The summed E-state index contributed by atoms with van der Waals surface area (Å²) in [7, 11) is 0. The molecule has 0 bridgehead atoms. The third kappa shape index (κ3) is 1.01. The molecule has 0 fully saturated rings. The van der Waals surface area contributed by atoms with Gasteiger partial charge in [-0.3, -0.25) is 0 Å². The number of oxazole rings is 1. The smallest absolute Gasteiger partial charge is 0.390 e. The summed E-state index contributed by atoms with van der Waals surface area (Å²) in [6, 6.07) is 7.28. The molecule has 0 amide bonds. The molecule has 0 spiro atoms. The summed E-state index contributed by atoms with van der Waals surface area (Å²) in [4.78, 5) is 3.92. The van der Waals surface area contributed by atoms with Crippen LogP contribution in [-0.2, 0) is 15.9 Å². The van der Waals surface area contributed by atoms with Crippen LogP contribution in [0, 0.1) is 0 Å². The number of nitrogens with zero attached hydrogens (tertiary/aromatic N) is 1. The monoisotopic (exact) mass is 166 g/mol. The van der Waals surface area contributed by atoms with Crippen LogP contribution >= 0.6 is 0 Å². The molecule has 0 aliphatic rings. The molecule has 0 saturated carbocycles. The molecule has 4 heteroatoms. The highest BCUT2D eigenvalue weighted by Crippen LogP contribution is 2.13. The topological polar surface area (TPSA) is 43.1 Å². The molecule has 0 radical (unpaired) electrons. The number of para-hydroxylation sites is 2.